The number of carbonyl (C=O) groups excluding carboxylic acids is 1. The first-order chi connectivity index (χ1) is 14.6. The standard InChI is InChI=1S/C19H19ClN8O2/c1-22-17(29)12-28-11-14(9-25-28)26-19-24-10-16(20)18(27-19)23-8-13-3-2-4-15(7-13)30-6-5-21/h2-4,7,9-11H,6,8,12H2,1H3,(H,22,29)(H2,23,24,26,27). The predicted molar refractivity (Wildman–Crippen MR) is 111 cm³/mol. The average molecular weight is 427 g/mol. The van der Waals surface area contributed by atoms with E-state index in [1.165, 1.54) is 10.9 Å². The van der Waals surface area contributed by atoms with Crippen molar-refractivity contribution in [3.63, 3.8) is 0 Å². The van der Waals surface area contributed by atoms with Gasteiger partial charge in [-0.25, -0.2) is 4.98 Å². The molecule has 2 heterocycles. The number of likely N-dealkylation sites (N-methyl/N-ethyl adjacent to an activating group) is 1. The van der Waals surface area contributed by atoms with Crippen molar-refractivity contribution in [2.24, 2.45) is 0 Å². The summed E-state index contributed by atoms with van der Waals surface area (Å²) in [7, 11) is 1.57. The van der Waals surface area contributed by atoms with Gasteiger partial charge >= 0.3 is 0 Å². The third-order valence-corrected chi connectivity index (χ3v) is 4.16. The van der Waals surface area contributed by atoms with Crippen molar-refractivity contribution in [2.75, 3.05) is 24.3 Å². The largest absolute Gasteiger partial charge is 0.479 e. The minimum atomic E-state index is -0.152. The number of carbonyl (C=O) groups is 1. The summed E-state index contributed by atoms with van der Waals surface area (Å²) >= 11 is 6.21. The maximum absolute atomic E-state index is 11.4. The fraction of sp³-hybridized carbons (Fsp3) is 0.211. The van der Waals surface area contributed by atoms with Crippen LogP contribution in [0.5, 0.6) is 5.75 Å². The molecule has 0 unspecified atom stereocenters. The molecule has 1 amide bonds. The van der Waals surface area contributed by atoms with Crippen LogP contribution in [0.4, 0.5) is 17.5 Å². The number of rotatable bonds is 9. The lowest BCUT2D eigenvalue weighted by Gasteiger charge is -2.10. The van der Waals surface area contributed by atoms with Crippen molar-refractivity contribution in [3.05, 3.63) is 53.4 Å². The third-order valence-electron chi connectivity index (χ3n) is 3.88. The lowest BCUT2D eigenvalue weighted by Crippen LogP contribution is -2.23. The summed E-state index contributed by atoms with van der Waals surface area (Å²) < 4.78 is 6.80. The number of hydrogen-bond donors (Lipinski definition) is 3. The lowest BCUT2D eigenvalue weighted by molar-refractivity contribution is -0.121. The van der Waals surface area contributed by atoms with E-state index in [0.717, 1.165) is 5.56 Å². The molecule has 0 aliphatic heterocycles. The van der Waals surface area contributed by atoms with Crippen molar-refractivity contribution < 1.29 is 9.53 Å². The first-order valence-corrected chi connectivity index (χ1v) is 9.30. The van der Waals surface area contributed by atoms with Crippen LogP contribution >= 0.6 is 11.6 Å². The Morgan fingerprint density at radius 1 is 1.37 bits per heavy atom. The molecule has 3 aromatic rings. The molecule has 10 nitrogen and oxygen atoms in total. The van der Waals surface area contributed by atoms with Crippen LogP contribution < -0.4 is 20.7 Å². The van der Waals surface area contributed by atoms with Gasteiger partial charge in [-0.05, 0) is 17.7 Å². The number of aromatic nitrogens is 4. The number of anilines is 3. The van der Waals surface area contributed by atoms with Crippen LogP contribution in [0.15, 0.2) is 42.9 Å². The van der Waals surface area contributed by atoms with Crippen LogP contribution in [0.2, 0.25) is 5.02 Å². The molecule has 154 valence electrons. The first-order valence-electron chi connectivity index (χ1n) is 8.92. The van der Waals surface area contributed by atoms with Gasteiger partial charge in [0.05, 0.1) is 18.1 Å². The van der Waals surface area contributed by atoms with E-state index < -0.39 is 0 Å². The van der Waals surface area contributed by atoms with E-state index in [1.54, 1.807) is 25.5 Å². The van der Waals surface area contributed by atoms with E-state index in [9.17, 15) is 4.79 Å². The molecule has 0 radical (unpaired) electrons. The van der Waals surface area contributed by atoms with Crippen molar-refractivity contribution in [1.82, 2.24) is 25.1 Å². The van der Waals surface area contributed by atoms with Gasteiger partial charge < -0.3 is 20.7 Å². The van der Waals surface area contributed by atoms with Gasteiger partial charge in [-0.15, -0.1) is 0 Å². The van der Waals surface area contributed by atoms with Crippen LogP contribution in [0.3, 0.4) is 0 Å². The van der Waals surface area contributed by atoms with Gasteiger partial charge in [0.2, 0.25) is 11.9 Å². The molecule has 0 fully saturated rings. The first kappa shape index (κ1) is 20.9. The van der Waals surface area contributed by atoms with Gasteiger partial charge in [0.1, 0.15) is 23.4 Å². The number of benzene rings is 1. The molecule has 3 N–H and O–H groups in total. The molecular weight excluding hydrogens is 408 g/mol. The Kier molecular flexibility index (Phi) is 7.02. The summed E-state index contributed by atoms with van der Waals surface area (Å²) in [4.78, 5) is 20.0. The topological polar surface area (TPSA) is 130 Å². The Bertz CT molecular complexity index is 1060. The highest BCUT2D eigenvalue weighted by molar-refractivity contribution is 6.32. The molecule has 0 atom stereocenters. The van der Waals surface area contributed by atoms with Crippen LogP contribution in [-0.2, 0) is 17.9 Å². The Balaban J connectivity index is 1.64. The van der Waals surface area contributed by atoms with Crippen molar-refractivity contribution >= 4 is 35.0 Å². The lowest BCUT2D eigenvalue weighted by atomic mass is 10.2. The Labute approximate surface area is 177 Å². The van der Waals surface area contributed by atoms with Gasteiger partial charge in [-0.3, -0.25) is 9.48 Å². The molecule has 0 saturated carbocycles. The molecule has 0 aliphatic rings. The smallest absolute Gasteiger partial charge is 0.241 e. The van der Waals surface area contributed by atoms with Crippen LogP contribution in [0.1, 0.15) is 5.56 Å². The Morgan fingerprint density at radius 3 is 3.03 bits per heavy atom. The van der Waals surface area contributed by atoms with E-state index in [-0.39, 0.29) is 19.1 Å². The van der Waals surface area contributed by atoms with E-state index >= 15 is 0 Å². The zero-order valence-corrected chi connectivity index (χ0v) is 16.8. The van der Waals surface area contributed by atoms with E-state index in [0.29, 0.717) is 34.8 Å². The normalized spacial score (nSPS) is 10.2. The van der Waals surface area contributed by atoms with Crippen LogP contribution in [0, 0.1) is 11.3 Å². The third kappa shape index (κ3) is 5.83. The number of halogens is 1. The van der Waals surface area contributed by atoms with Gasteiger partial charge in [0.25, 0.3) is 0 Å². The molecule has 3 rings (SSSR count). The molecular formula is C19H19ClN8O2. The van der Waals surface area contributed by atoms with Crippen molar-refractivity contribution in [1.29, 1.82) is 5.26 Å². The highest BCUT2D eigenvalue weighted by atomic mass is 35.5. The SMILES string of the molecule is CNC(=O)Cn1cc(Nc2ncc(Cl)c(NCc3cccc(OCC#N)c3)n2)cn1. The monoisotopic (exact) mass is 426 g/mol. The summed E-state index contributed by atoms with van der Waals surface area (Å²) in [5.41, 5.74) is 1.57. The van der Waals surface area contributed by atoms with Gasteiger partial charge in [0, 0.05) is 19.8 Å². The fourth-order valence-corrected chi connectivity index (χ4v) is 2.63. The second-order valence-electron chi connectivity index (χ2n) is 6.06. The number of nitriles is 1. The second-order valence-corrected chi connectivity index (χ2v) is 6.47. The molecule has 2 aromatic heterocycles. The zero-order chi connectivity index (χ0) is 21.3. The number of amides is 1. The molecule has 1 aromatic carbocycles. The molecule has 0 aliphatic carbocycles. The van der Waals surface area contributed by atoms with E-state index in [1.807, 2.05) is 24.3 Å². The number of hydrogen-bond acceptors (Lipinski definition) is 8. The summed E-state index contributed by atoms with van der Waals surface area (Å²) in [5.74, 6) is 1.24. The minimum Gasteiger partial charge on any atom is -0.479 e. The maximum Gasteiger partial charge on any atom is 0.241 e. The average Bonchev–Trinajstić information content (AvgIpc) is 3.19. The number of nitrogens with zero attached hydrogens (tertiary/aromatic N) is 5. The maximum atomic E-state index is 11.4. The van der Waals surface area contributed by atoms with Gasteiger partial charge in [-0.2, -0.15) is 15.3 Å². The predicted octanol–water partition coefficient (Wildman–Crippen LogP) is 2.33. The van der Waals surface area contributed by atoms with Crippen molar-refractivity contribution in [2.45, 2.75) is 13.1 Å². The van der Waals surface area contributed by atoms with Crippen molar-refractivity contribution in [3.8, 4) is 11.8 Å². The van der Waals surface area contributed by atoms with E-state index in [4.69, 9.17) is 21.6 Å². The summed E-state index contributed by atoms with van der Waals surface area (Å²) in [6.45, 7) is 0.553. The van der Waals surface area contributed by atoms with Gasteiger partial charge in [0.15, 0.2) is 12.4 Å². The molecule has 30 heavy (non-hydrogen) atoms. The highest BCUT2D eigenvalue weighted by Crippen LogP contribution is 2.22. The van der Waals surface area contributed by atoms with Crippen LogP contribution in [-0.4, -0.2) is 39.3 Å². The molecule has 0 saturated heterocycles. The van der Waals surface area contributed by atoms with Crippen LogP contribution in [0.25, 0.3) is 0 Å². The summed E-state index contributed by atoms with van der Waals surface area (Å²) in [5, 5.41) is 21.8. The molecule has 0 spiro atoms. The highest BCUT2D eigenvalue weighted by Gasteiger charge is 2.08. The quantitative estimate of drug-likeness (QED) is 0.475. The second kappa shape index (κ2) is 10.1. The summed E-state index contributed by atoms with van der Waals surface area (Å²) in [6, 6.07) is 9.31. The molecule has 11 heteroatoms. The van der Waals surface area contributed by atoms with E-state index in [2.05, 4.69) is 31.0 Å². The van der Waals surface area contributed by atoms with Gasteiger partial charge in [-0.1, -0.05) is 23.7 Å². The Morgan fingerprint density at radius 2 is 2.23 bits per heavy atom. The molecule has 0 bridgehead atoms. The minimum absolute atomic E-state index is 0.0106. The number of ether oxygens (including phenoxy) is 1. The number of nitrogens with one attached hydrogen (secondary N) is 3. The fourth-order valence-electron chi connectivity index (χ4n) is 2.47. The zero-order valence-electron chi connectivity index (χ0n) is 16.1. The Hall–Kier alpha value is -3.84. The summed E-state index contributed by atoms with van der Waals surface area (Å²) in [6.07, 6.45) is 4.73.